The molecule has 2 aromatic carbocycles. The summed E-state index contributed by atoms with van der Waals surface area (Å²) in [4.78, 5) is 18.7. The number of ether oxygens (including phenoxy) is 1. The van der Waals surface area contributed by atoms with Gasteiger partial charge in [-0.25, -0.2) is 9.18 Å². The summed E-state index contributed by atoms with van der Waals surface area (Å²) in [7, 11) is 1.34. The molecule has 0 spiro atoms. The normalized spacial score (nSPS) is 20.1. The number of nitrogens with zero attached hydrogens (tertiary/aromatic N) is 3. The van der Waals surface area contributed by atoms with E-state index in [1.807, 2.05) is 0 Å². The van der Waals surface area contributed by atoms with Crippen molar-refractivity contribution >= 4 is 18.4 Å². The zero-order valence-electron chi connectivity index (χ0n) is 24.1. The van der Waals surface area contributed by atoms with Crippen LogP contribution in [0.15, 0.2) is 36.4 Å². The first-order valence-electron chi connectivity index (χ1n) is 14.1. The van der Waals surface area contributed by atoms with Gasteiger partial charge in [0.1, 0.15) is 5.82 Å². The summed E-state index contributed by atoms with van der Waals surface area (Å²) in [5, 5.41) is 0. The largest absolute Gasteiger partial charge is 0.416 e. The summed E-state index contributed by atoms with van der Waals surface area (Å²) in [5.74, 6) is -0.429. The standard InChI is InChI=1S/C30H36F7N3O2.ClH/c1-20-14-24(31)6-7-26(20)27-18-25(42-13-12-39-9-4-3-5-10-39)8-11-40(27)28(41)38(2)19-21-15-22(29(32,33)34)17-23(16-21)30(35,36)37;/h6-7,14-17,25,27H,3-5,8-13,18-19H2,1-2H3;1H. The number of urea groups is 1. The molecule has 2 atom stereocenters. The van der Waals surface area contributed by atoms with Gasteiger partial charge in [-0.2, -0.15) is 26.3 Å². The third-order valence-corrected chi connectivity index (χ3v) is 7.99. The van der Waals surface area contributed by atoms with E-state index in [9.17, 15) is 35.5 Å². The first kappa shape index (κ1) is 34.9. The van der Waals surface area contributed by atoms with Crippen LogP contribution >= 0.6 is 12.4 Å². The highest BCUT2D eigenvalue weighted by molar-refractivity contribution is 5.85. The molecule has 0 N–H and O–H groups in total. The SMILES string of the molecule is Cc1cc(F)ccc1C1CC(OCCN2CCCCC2)CCN1C(=O)N(C)Cc1cc(C(F)(F)F)cc(C(F)(F)F)c1.Cl. The molecule has 240 valence electrons. The highest BCUT2D eigenvalue weighted by atomic mass is 35.5. The van der Waals surface area contributed by atoms with E-state index in [0.29, 0.717) is 42.7 Å². The Morgan fingerprint density at radius 2 is 1.58 bits per heavy atom. The molecule has 0 saturated carbocycles. The number of halogens is 8. The molecule has 2 saturated heterocycles. The van der Waals surface area contributed by atoms with Crippen LogP contribution < -0.4 is 0 Å². The van der Waals surface area contributed by atoms with Crippen LogP contribution in [0.3, 0.4) is 0 Å². The summed E-state index contributed by atoms with van der Waals surface area (Å²) in [6.07, 6.45) is -5.65. The topological polar surface area (TPSA) is 36.0 Å². The molecule has 2 aromatic rings. The van der Waals surface area contributed by atoms with Gasteiger partial charge in [-0.05, 0) is 92.7 Å². The molecule has 2 aliphatic rings. The smallest absolute Gasteiger partial charge is 0.377 e. The fraction of sp³-hybridized carbons (Fsp3) is 0.567. The van der Waals surface area contributed by atoms with Crippen molar-refractivity contribution in [1.82, 2.24) is 14.7 Å². The van der Waals surface area contributed by atoms with Gasteiger partial charge in [-0.3, -0.25) is 0 Å². The number of hydrogen-bond donors (Lipinski definition) is 0. The lowest BCUT2D eigenvalue weighted by molar-refractivity contribution is -0.143. The number of hydrogen-bond acceptors (Lipinski definition) is 3. The maximum absolute atomic E-state index is 13.9. The number of benzene rings is 2. The lowest BCUT2D eigenvalue weighted by Gasteiger charge is -2.42. The van der Waals surface area contributed by atoms with Crippen LogP contribution in [-0.2, 0) is 23.6 Å². The maximum atomic E-state index is 13.9. The first-order chi connectivity index (χ1) is 19.7. The van der Waals surface area contributed by atoms with E-state index in [1.54, 1.807) is 17.9 Å². The lowest BCUT2D eigenvalue weighted by atomic mass is 9.90. The number of likely N-dealkylation sites (tertiary alicyclic amines) is 2. The van der Waals surface area contributed by atoms with Crippen LogP contribution in [-0.4, -0.2) is 66.7 Å². The van der Waals surface area contributed by atoms with Crippen LogP contribution in [0.2, 0.25) is 0 Å². The Hall–Kier alpha value is -2.57. The van der Waals surface area contributed by atoms with E-state index in [0.717, 1.165) is 37.4 Å². The van der Waals surface area contributed by atoms with Crippen LogP contribution in [0.5, 0.6) is 0 Å². The highest BCUT2D eigenvalue weighted by Crippen LogP contribution is 2.38. The number of rotatable bonds is 7. The molecule has 2 unspecified atom stereocenters. The van der Waals surface area contributed by atoms with Crippen molar-refractivity contribution in [3.8, 4) is 0 Å². The number of amides is 2. The minimum Gasteiger partial charge on any atom is -0.377 e. The molecule has 2 aliphatic heterocycles. The summed E-state index contributed by atoms with van der Waals surface area (Å²) >= 11 is 0. The van der Waals surface area contributed by atoms with Crippen molar-refractivity contribution in [1.29, 1.82) is 0 Å². The van der Waals surface area contributed by atoms with Crippen molar-refractivity contribution in [2.45, 2.75) is 70.1 Å². The summed E-state index contributed by atoms with van der Waals surface area (Å²) in [6.45, 7) is 4.94. The molecule has 0 aliphatic carbocycles. The minimum absolute atomic E-state index is 0. The molecule has 5 nitrogen and oxygen atoms in total. The van der Waals surface area contributed by atoms with E-state index < -0.39 is 47.9 Å². The second-order valence-corrected chi connectivity index (χ2v) is 11.2. The molecule has 0 aromatic heterocycles. The van der Waals surface area contributed by atoms with Gasteiger partial charge in [-0.1, -0.05) is 12.5 Å². The van der Waals surface area contributed by atoms with Gasteiger partial charge in [0.25, 0.3) is 0 Å². The fourth-order valence-corrected chi connectivity index (χ4v) is 5.82. The Balaban J connectivity index is 0.00000506. The summed E-state index contributed by atoms with van der Waals surface area (Å²) in [6, 6.07) is 4.53. The predicted molar refractivity (Wildman–Crippen MR) is 150 cm³/mol. The van der Waals surface area contributed by atoms with E-state index in [-0.39, 0.29) is 36.7 Å². The van der Waals surface area contributed by atoms with Gasteiger partial charge in [0, 0.05) is 26.7 Å². The first-order valence-corrected chi connectivity index (χ1v) is 14.1. The number of carbonyl (C=O) groups excluding carboxylic acids is 1. The lowest BCUT2D eigenvalue weighted by Crippen LogP contribution is -2.48. The molecule has 43 heavy (non-hydrogen) atoms. The van der Waals surface area contributed by atoms with Crippen LogP contribution in [0.1, 0.15) is 66.0 Å². The van der Waals surface area contributed by atoms with Crippen molar-refractivity contribution in [2.75, 3.05) is 39.8 Å². The second kappa shape index (κ2) is 14.5. The molecule has 2 amide bonds. The van der Waals surface area contributed by atoms with Crippen molar-refractivity contribution in [2.24, 2.45) is 0 Å². The molecule has 13 heteroatoms. The Morgan fingerprint density at radius 1 is 0.953 bits per heavy atom. The quantitative estimate of drug-likeness (QED) is 0.290. The molecule has 4 rings (SSSR count). The number of piperidine rings is 2. The Labute approximate surface area is 253 Å². The molecular formula is C30H37ClF7N3O2. The Morgan fingerprint density at radius 3 is 2.16 bits per heavy atom. The Bertz CT molecular complexity index is 1200. The van der Waals surface area contributed by atoms with Crippen LogP contribution in [0, 0.1) is 12.7 Å². The van der Waals surface area contributed by atoms with Crippen LogP contribution in [0.4, 0.5) is 35.5 Å². The van der Waals surface area contributed by atoms with Gasteiger partial charge in [0.2, 0.25) is 0 Å². The molecule has 2 heterocycles. The summed E-state index contributed by atoms with van der Waals surface area (Å²) < 4.78 is 100. The molecular weight excluding hydrogens is 603 g/mol. The number of aryl methyl sites for hydroxylation is 1. The van der Waals surface area contributed by atoms with Crippen molar-refractivity contribution in [3.05, 3.63) is 70.0 Å². The fourth-order valence-electron chi connectivity index (χ4n) is 5.82. The average Bonchev–Trinajstić information content (AvgIpc) is 2.92. The highest BCUT2D eigenvalue weighted by Gasteiger charge is 2.38. The van der Waals surface area contributed by atoms with E-state index in [1.165, 1.54) is 25.6 Å². The van der Waals surface area contributed by atoms with Crippen molar-refractivity contribution < 1.29 is 40.3 Å². The van der Waals surface area contributed by atoms with Gasteiger partial charge >= 0.3 is 18.4 Å². The maximum Gasteiger partial charge on any atom is 0.416 e. The second-order valence-electron chi connectivity index (χ2n) is 11.2. The van der Waals surface area contributed by atoms with Gasteiger partial charge in [0.05, 0.1) is 29.9 Å². The predicted octanol–water partition coefficient (Wildman–Crippen LogP) is 7.85. The van der Waals surface area contributed by atoms with E-state index in [4.69, 9.17) is 4.74 Å². The number of alkyl halides is 6. The van der Waals surface area contributed by atoms with Crippen LogP contribution in [0.25, 0.3) is 0 Å². The molecule has 0 radical (unpaired) electrons. The molecule has 2 fully saturated rings. The third-order valence-electron chi connectivity index (χ3n) is 7.99. The zero-order chi connectivity index (χ0) is 30.7. The Kier molecular flexibility index (Phi) is 11.8. The van der Waals surface area contributed by atoms with Gasteiger partial charge in [-0.15, -0.1) is 12.4 Å². The third kappa shape index (κ3) is 9.21. The molecule has 0 bridgehead atoms. The van der Waals surface area contributed by atoms with E-state index in [2.05, 4.69) is 4.90 Å². The van der Waals surface area contributed by atoms with E-state index >= 15 is 0 Å². The van der Waals surface area contributed by atoms with Gasteiger partial charge in [0.15, 0.2) is 0 Å². The zero-order valence-corrected chi connectivity index (χ0v) is 24.9. The van der Waals surface area contributed by atoms with Gasteiger partial charge < -0.3 is 19.4 Å². The number of carbonyl (C=O) groups is 1. The average molecular weight is 640 g/mol. The monoisotopic (exact) mass is 639 g/mol. The van der Waals surface area contributed by atoms with Crippen molar-refractivity contribution in [3.63, 3.8) is 0 Å². The minimum atomic E-state index is -4.99. The summed E-state index contributed by atoms with van der Waals surface area (Å²) in [5.41, 5.74) is -1.83.